The van der Waals surface area contributed by atoms with Gasteiger partial charge in [0.1, 0.15) is 11.6 Å². The first-order chi connectivity index (χ1) is 12.3. The summed E-state index contributed by atoms with van der Waals surface area (Å²) < 4.78 is 0. The number of fused-ring (bicyclic) bond motifs is 2. The number of aromatic nitrogens is 3. The number of nitrogens with zero attached hydrogens (tertiary/aromatic N) is 4. The summed E-state index contributed by atoms with van der Waals surface area (Å²) in [6.07, 6.45) is 1.78. The maximum Gasteiger partial charge on any atom is 0.237 e. The Labute approximate surface area is 177 Å². The largest absolute Gasteiger partial charge is 0.362 e. The third kappa shape index (κ3) is 3.10. The van der Waals surface area contributed by atoms with Crippen LogP contribution in [-0.2, 0) is 10.2 Å². The van der Waals surface area contributed by atoms with E-state index in [1.807, 2.05) is 68.9 Å². The van der Waals surface area contributed by atoms with Crippen LogP contribution in [0, 0.1) is 0 Å². The first-order valence-electron chi connectivity index (χ1n) is 8.83. The molecule has 0 saturated carbocycles. The SMILES string of the molecule is CCN1C(=O)C(C)(C)c2cc3nc(-c4cccnc4N(C)C)[nH]c3cc21.Cl.Cl. The number of hydrogen-bond acceptors (Lipinski definition) is 4. The Hall–Kier alpha value is -2.31. The minimum atomic E-state index is -0.526. The van der Waals surface area contributed by atoms with Gasteiger partial charge in [-0.25, -0.2) is 9.97 Å². The molecule has 0 fully saturated rings. The van der Waals surface area contributed by atoms with Gasteiger partial charge in [-0.15, -0.1) is 24.8 Å². The fourth-order valence-corrected chi connectivity index (χ4v) is 3.71. The highest BCUT2D eigenvalue weighted by Crippen LogP contribution is 2.43. The summed E-state index contributed by atoms with van der Waals surface area (Å²) in [5.41, 5.74) is 4.24. The van der Waals surface area contributed by atoms with Gasteiger partial charge in [-0.2, -0.15) is 0 Å². The lowest BCUT2D eigenvalue weighted by Crippen LogP contribution is -2.35. The van der Waals surface area contributed by atoms with Crippen molar-refractivity contribution in [2.75, 3.05) is 30.4 Å². The van der Waals surface area contributed by atoms with Crippen molar-refractivity contribution in [3.8, 4) is 11.4 Å². The molecule has 6 nitrogen and oxygen atoms in total. The minimum absolute atomic E-state index is 0. The summed E-state index contributed by atoms with van der Waals surface area (Å²) in [5, 5.41) is 0. The summed E-state index contributed by atoms with van der Waals surface area (Å²) in [6, 6.07) is 8.02. The van der Waals surface area contributed by atoms with E-state index >= 15 is 0 Å². The lowest BCUT2D eigenvalue weighted by Gasteiger charge is -2.18. The van der Waals surface area contributed by atoms with Gasteiger partial charge in [0.25, 0.3) is 0 Å². The molecular formula is C20H25Cl2N5O. The third-order valence-electron chi connectivity index (χ3n) is 5.12. The molecule has 8 heteroatoms. The molecule has 1 amide bonds. The van der Waals surface area contributed by atoms with Crippen molar-refractivity contribution in [2.24, 2.45) is 0 Å². The molecule has 1 aromatic carbocycles. The van der Waals surface area contributed by atoms with Gasteiger partial charge in [-0.1, -0.05) is 0 Å². The molecule has 1 aliphatic rings. The van der Waals surface area contributed by atoms with Crippen molar-refractivity contribution in [2.45, 2.75) is 26.2 Å². The van der Waals surface area contributed by atoms with Gasteiger partial charge in [0.2, 0.25) is 5.91 Å². The minimum Gasteiger partial charge on any atom is -0.362 e. The van der Waals surface area contributed by atoms with Crippen LogP contribution in [0.1, 0.15) is 26.3 Å². The molecule has 0 radical (unpaired) electrons. The maximum atomic E-state index is 12.7. The number of rotatable bonds is 3. The number of pyridine rings is 1. The highest BCUT2D eigenvalue weighted by atomic mass is 35.5. The molecule has 2 aromatic heterocycles. The van der Waals surface area contributed by atoms with E-state index in [9.17, 15) is 4.79 Å². The number of carbonyl (C=O) groups is 1. The first kappa shape index (κ1) is 22.0. The predicted octanol–water partition coefficient (Wildman–Crippen LogP) is 4.18. The lowest BCUT2D eigenvalue weighted by molar-refractivity contribution is -0.122. The molecule has 0 saturated heterocycles. The second-order valence-electron chi connectivity index (χ2n) is 7.42. The summed E-state index contributed by atoms with van der Waals surface area (Å²) in [6.45, 7) is 6.63. The van der Waals surface area contributed by atoms with Crippen molar-refractivity contribution in [1.29, 1.82) is 0 Å². The number of likely N-dealkylation sites (N-methyl/N-ethyl adjacent to an activating group) is 1. The Morgan fingerprint density at radius 2 is 1.93 bits per heavy atom. The molecule has 0 aliphatic carbocycles. The summed E-state index contributed by atoms with van der Waals surface area (Å²) >= 11 is 0. The van der Waals surface area contributed by atoms with E-state index in [0.717, 1.165) is 39.5 Å². The maximum absolute atomic E-state index is 12.7. The second kappa shape index (κ2) is 7.60. The molecule has 28 heavy (non-hydrogen) atoms. The van der Waals surface area contributed by atoms with Gasteiger partial charge in [0.15, 0.2) is 0 Å². The van der Waals surface area contributed by atoms with Crippen LogP contribution in [-0.4, -0.2) is 41.5 Å². The molecular weight excluding hydrogens is 397 g/mol. The number of anilines is 2. The van der Waals surface area contributed by atoms with Crippen LogP contribution in [0.3, 0.4) is 0 Å². The molecule has 4 rings (SSSR count). The monoisotopic (exact) mass is 421 g/mol. The van der Waals surface area contributed by atoms with Crippen LogP contribution in [0.15, 0.2) is 30.5 Å². The molecule has 0 spiro atoms. The first-order valence-corrected chi connectivity index (χ1v) is 8.83. The average Bonchev–Trinajstić information content (AvgIpc) is 3.11. The van der Waals surface area contributed by atoms with E-state index in [4.69, 9.17) is 4.98 Å². The molecule has 150 valence electrons. The van der Waals surface area contributed by atoms with Gasteiger partial charge >= 0.3 is 0 Å². The smallest absolute Gasteiger partial charge is 0.237 e. The van der Waals surface area contributed by atoms with Crippen molar-refractivity contribution < 1.29 is 4.79 Å². The van der Waals surface area contributed by atoms with Gasteiger partial charge in [0.05, 0.1) is 27.7 Å². The second-order valence-corrected chi connectivity index (χ2v) is 7.42. The average molecular weight is 422 g/mol. The molecule has 0 bridgehead atoms. The Morgan fingerprint density at radius 3 is 2.57 bits per heavy atom. The molecule has 3 aromatic rings. The summed E-state index contributed by atoms with van der Waals surface area (Å²) in [5.74, 6) is 1.79. The molecule has 3 heterocycles. The van der Waals surface area contributed by atoms with Crippen LogP contribution in [0.25, 0.3) is 22.4 Å². The zero-order valence-corrected chi connectivity index (χ0v) is 18.2. The Kier molecular flexibility index (Phi) is 5.97. The van der Waals surface area contributed by atoms with Crippen molar-refractivity contribution >= 4 is 53.3 Å². The van der Waals surface area contributed by atoms with Gasteiger partial charge in [0, 0.05) is 26.8 Å². The van der Waals surface area contributed by atoms with E-state index in [-0.39, 0.29) is 30.7 Å². The van der Waals surface area contributed by atoms with Crippen LogP contribution in [0.4, 0.5) is 11.5 Å². The van der Waals surface area contributed by atoms with Gasteiger partial charge < -0.3 is 14.8 Å². The fraction of sp³-hybridized carbons (Fsp3) is 0.350. The number of amides is 1. The van der Waals surface area contributed by atoms with Gasteiger partial charge in [-0.3, -0.25) is 4.79 Å². The molecule has 1 N–H and O–H groups in total. The standard InChI is InChI=1S/C20H23N5O.2ClH/c1-6-25-16-11-15-14(10-13(16)20(2,3)19(25)26)22-17(23-15)12-8-7-9-21-18(12)24(4)5;;/h7-11H,6H2,1-5H3,(H,22,23);2*1H. The Bertz CT molecular complexity index is 1030. The van der Waals surface area contributed by atoms with Crippen LogP contribution < -0.4 is 9.80 Å². The zero-order valence-electron chi connectivity index (χ0n) is 16.6. The van der Waals surface area contributed by atoms with E-state index in [2.05, 4.69) is 9.97 Å². The summed E-state index contributed by atoms with van der Waals surface area (Å²) in [7, 11) is 3.94. The van der Waals surface area contributed by atoms with Crippen molar-refractivity contribution in [3.63, 3.8) is 0 Å². The van der Waals surface area contributed by atoms with E-state index in [1.165, 1.54) is 0 Å². The molecule has 1 aliphatic heterocycles. The third-order valence-corrected chi connectivity index (χ3v) is 5.12. The van der Waals surface area contributed by atoms with E-state index in [0.29, 0.717) is 6.54 Å². The Balaban J connectivity index is 0.00000140. The fourth-order valence-electron chi connectivity index (χ4n) is 3.71. The predicted molar refractivity (Wildman–Crippen MR) is 119 cm³/mol. The van der Waals surface area contributed by atoms with Crippen LogP contribution in [0.5, 0.6) is 0 Å². The highest BCUT2D eigenvalue weighted by molar-refractivity contribution is 6.09. The van der Waals surface area contributed by atoms with E-state index < -0.39 is 5.41 Å². The van der Waals surface area contributed by atoms with Crippen molar-refractivity contribution in [3.05, 3.63) is 36.0 Å². The van der Waals surface area contributed by atoms with Gasteiger partial charge in [-0.05, 0) is 50.6 Å². The number of hydrogen-bond donors (Lipinski definition) is 1. The van der Waals surface area contributed by atoms with Crippen LogP contribution >= 0.6 is 24.8 Å². The number of benzene rings is 1. The zero-order chi connectivity index (χ0) is 18.6. The number of carbonyl (C=O) groups excluding carboxylic acids is 1. The number of aromatic amines is 1. The van der Waals surface area contributed by atoms with E-state index in [1.54, 1.807) is 6.20 Å². The number of imidazole rings is 1. The number of nitrogens with one attached hydrogen (secondary N) is 1. The Morgan fingerprint density at radius 1 is 1.21 bits per heavy atom. The summed E-state index contributed by atoms with van der Waals surface area (Å²) in [4.78, 5) is 29.2. The van der Waals surface area contributed by atoms with Crippen LogP contribution in [0.2, 0.25) is 0 Å². The number of H-pyrrole nitrogens is 1. The van der Waals surface area contributed by atoms with Crippen molar-refractivity contribution in [1.82, 2.24) is 15.0 Å². The molecule has 0 unspecified atom stereocenters. The topological polar surface area (TPSA) is 65.1 Å². The quantitative estimate of drug-likeness (QED) is 0.688. The number of halogens is 2. The normalized spacial score (nSPS) is 14.5. The lowest BCUT2D eigenvalue weighted by atomic mass is 9.86. The molecule has 0 atom stereocenters. The highest BCUT2D eigenvalue weighted by Gasteiger charge is 2.43.